The minimum Gasteiger partial charge on any atom is -0.505 e. The molecule has 1 heterocycles. The van der Waals surface area contributed by atoms with E-state index >= 15 is 0 Å². The first-order chi connectivity index (χ1) is 11.3. The van der Waals surface area contributed by atoms with Crippen LogP contribution in [0, 0.1) is 11.6 Å². The van der Waals surface area contributed by atoms with E-state index < -0.39 is 37.8 Å². The third kappa shape index (κ3) is 3.95. The Morgan fingerprint density at radius 1 is 1.32 bits per heavy atom. The summed E-state index contributed by atoms with van der Waals surface area (Å²) in [5, 5.41) is 19.4. The monoisotopic (exact) mass is 373 g/mol. The molecule has 1 aromatic rings. The Labute approximate surface area is 147 Å². The van der Waals surface area contributed by atoms with Crippen LogP contribution in [0.25, 0.3) is 0 Å². The van der Waals surface area contributed by atoms with Gasteiger partial charge >= 0.3 is 6.09 Å². The molecule has 140 valence electrons. The first-order valence-electron chi connectivity index (χ1n) is 8.19. The Kier molecular flexibility index (Phi) is 5.16. The van der Waals surface area contributed by atoms with Crippen molar-refractivity contribution in [3.63, 3.8) is 0 Å². The minimum absolute atomic E-state index is 0.0494. The van der Waals surface area contributed by atoms with Crippen molar-refractivity contribution in [3.8, 4) is 5.75 Å². The second-order valence-corrected chi connectivity index (χ2v) is 12.8. The zero-order valence-electron chi connectivity index (χ0n) is 15.1. The number of hydrogen-bond acceptors (Lipinski definition) is 3. The Hall–Kier alpha value is -1.67. The van der Waals surface area contributed by atoms with Gasteiger partial charge in [-0.2, -0.15) is 0 Å². The molecule has 0 aromatic heterocycles. The summed E-state index contributed by atoms with van der Waals surface area (Å²) in [5.74, 6) is -2.68. The molecule has 2 atom stereocenters. The Morgan fingerprint density at radius 2 is 1.92 bits per heavy atom. The number of rotatable bonds is 3. The van der Waals surface area contributed by atoms with E-state index in [2.05, 4.69) is 33.9 Å². The zero-order valence-corrected chi connectivity index (χ0v) is 16.1. The maximum Gasteiger partial charge on any atom is 0.407 e. The Balaban J connectivity index is 2.32. The van der Waals surface area contributed by atoms with Crippen molar-refractivity contribution in [2.45, 2.75) is 57.5 Å². The van der Waals surface area contributed by atoms with Crippen molar-refractivity contribution >= 4 is 14.4 Å². The lowest BCUT2D eigenvalue weighted by Gasteiger charge is -2.38. The van der Waals surface area contributed by atoms with Crippen LogP contribution >= 0.6 is 0 Å². The fourth-order valence-electron chi connectivity index (χ4n) is 2.82. The van der Waals surface area contributed by atoms with Crippen molar-refractivity contribution in [2.24, 2.45) is 0 Å². The highest BCUT2D eigenvalue weighted by atomic mass is 28.4. The highest BCUT2D eigenvalue weighted by molar-refractivity contribution is 6.74. The largest absolute Gasteiger partial charge is 0.505 e. The second kappa shape index (κ2) is 6.57. The fraction of sp³-hybridized carbons (Fsp3) is 0.588. The molecule has 8 heteroatoms. The number of carboxylic acid groups (broad SMARTS) is 1. The van der Waals surface area contributed by atoms with Crippen molar-refractivity contribution in [3.05, 3.63) is 29.3 Å². The zero-order chi connectivity index (χ0) is 19.2. The normalized spacial score (nSPS) is 21.6. The van der Waals surface area contributed by atoms with E-state index in [4.69, 9.17) is 4.43 Å². The number of phenolic OH excluding ortho intramolecular Hbond substituents is 1. The van der Waals surface area contributed by atoms with Crippen LogP contribution in [0.15, 0.2) is 12.1 Å². The number of halogens is 2. The first-order valence-corrected chi connectivity index (χ1v) is 11.1. The molecular weight excluding hydrogens is 348 g/mol. The van der Waals surface area contributed by atoms with Gasteiger partial charge in [0.2, 0.25) is 0 Å². The molecule has 1 aromatic carbocycles. The predicted molar refractivity (Wildman–Crippen MR) is 92.2 cm³/mol. The van der Waals surface area contributed by atoms with E-state index in [0.717, 1.165) is 11.0 Å². The molecule has 0 bridgehead atoms. The van der Waals surface area contributed by atoms with Crippen molar-refractivity contribution < 1.29 is 28.2 Å². The van der Waals surface area contributed by atoms with Crippen LogP contribution in [0.2, 0.25) is 18.1 Å². The van der Waals surface area contributed by atoms with Crippen LogP contribution in [-0.2, 0) is 4.43 Å². The quantitative estimate of drug-likeness (QED) is 0.766. The van der Waals surface area contributed by atoms with Gasteiger partial charge in [0.25, 0.3) is 0 Å². The summed E-state index contributed by atoms with van der Waals surface area (Å²) >= 11 is 0. The number of hydrogen-bond donors (Lipinski definition) is 2. The molecule has 2 N–H and O–H groups in total. The molecule has 0 aliphatic carbocycles. The maximum atomic E-state index is 13.7. The molecule has 1 saturated heterocycles. The van der Waals surface area contributed by atoms with Gasteiger partial charge in [-0.15, -0.1) is 0 Å². The number of aromatic hydroxyl groups is 1. The highest BCUT2D eigenvalue weighted by Crippen LogP contribution is 2.43. The van der Waals surface area contributed by atoms with Gasteiger partial charge in [0.1, 0.15) is 5.82 Å². The van der Waals surface area contributed by atoms with E-state index in [1.807, 2.05) is 0 Å². The molecule has 5 nitrogen and oxygen atoms in total. The van der Waals surface area contributed by atoms with Gasteiger partial charge in [0.05, 0.1) is 12.1 Å². The van der Waals surface area contributed by atoms with Gasteiger partial charge in [-0.25, -0.2) is 13.6 Å². The lowest BCUT2D eigenvalue weighted by molar-refractivity contribution is 0.132. The molecule has 0 saturated carbocycles. The fourth-order valence-corrected chi connectivity index (χ4v) is 4.18. The van der Waals surface area contributed by atoms with Crippen molar-refractivity contribution in [1.82, 2.24) is 4.90 Å². The van der Waals surface area contributed by atoms with Gasteiger partial charge in [-0.3, -0.25) is 4.90 Å². The molecule has 1 fully saturated rings. The first kappa shape index (κ1) is 19.6. The van der Waals surface area contributed by atoms with Crippen LogP contribution in [0.5, 0.6) is 5.75 Å². The van der Waals surface area contributed by atoms with E-state index in [9.17, 15) is 23.8 Å². The van der Waals surface area contributed by atoms with E-state index in [-0.39, 0.29) is 29.7 Å². The van der Waals surface area contributed by atoms with Gasteiger partial charge in [-0.05, 0) is 30.6 Å². The van der Waals surface area contributed by atoms with Gasteiger partial charge < -0.3 is 14.6 Å². The molecule has 1 amide bonds. The summed E-state index contributed by atoms with van der Waals surface area (Å²) < 4.78 is 33.5. The second-order valence-electron chi connectivity index (χ2n) is 8.01. The van der Waals surface area contributed by atoms with Crippen molar-refractivity contribution in [1.29, 1.82) is 0 Å². The molecular formula is C17H25F2NO4Si. The van der Waals surface area contributed by atoms with Crippen LogP contribution in [0.1, 0.15) is 38.8 Å². The van der Waals surface area contributed by atoms with Gasteiger partial charge in [-0.1, -0.05) is 20.8 Å². The third-order valence-electron chi connectivity index (χ3n) is 5.19. The molecule has 1 aliphatic heterocycles. The number of phenols is 1. The average Bonchev–Trinajstić information content (AvgIpc) is 2.84. The number of amides is 1. The number of benzene rings is 1. The lowest BCUT2D eigenvalue weighted by atomic mass is 10.0. The summed E-state index contributed by atoms with van der Waals surface area (Å²) in [6, 6.07) is 0.702. The minimum atomic E-state index is -2.13. The van der Waals surface area contributed by atoms with E-state index in [1.54, 1.807) is 0 Å². The van der Waals surface area contributed by atoms with E-state index in [0.29, 0.717) is 6.07 Å². The number of likely N-dealkylation sites (tertiary alicyclic amines) is 1. The third-order valence-corrected chi connectivity index (χ3v) is 9.73. The van der Waals surface area contributed by atoms with Gasteiger partial charge in [0.15, 0.2) is 19.9 Å². The molecule has 1 unspecified atom stereocenters. The van der Waals surface area contributed by atoms with Crippen LogP contribution in [-0.4, -0.2) is 42.2 Å². The molecule has 25 heavy (non-hydrogen) atoms. The Morgan fingerprint density at radius 3 is 2.44 bits per heavy atom. The standard InChI is InChI=1S/C17H25F2NO4Si/c1-17(2,3)25(4,5)24-11-8-14(20(9-11)16(22)23)12-6-10(18)7-13(19)15(12)21/h6-7,11,14,21H,8-9H2,1-5H3,(H,22,23)/t11-,14?/m1/s1. The summed E-state index contributed by atoms with van der Waals surface area (Å²) in [4.78, 5) is 12.7. The molecule has 1 aliphatic rings. The summed E-state index contributed by atoms with van der Waals surface area (Å²) in [6.07, 6.45) is -1.35. The van der Waals surface area contributed by atoms with Gasteiger partial charge in [0, 0.05) is 18.2 Å². The summed E-state index contributed by atoms with van der Waals surface area (Å²) in [5.41, 5.74) is -0.0683. The summed E-state index contributed by atoms with van der Waals surface area (Å²) in [7, 11) is -2.13. The molecule has 0 spiro atoms. The highest BCUT2D eigenvalue weighted by Gasteiger charge is 2.44. The predicted octanol–water partition coefficient (Wildman–Crippen LogP) is 4.49. The smallest absolute Gasteiger partial charge is 0.407 e. The molecule has 2 rings (SSSR count). The van der Waals surface area contributed by atoms with Crippen LogP contribution in [0.4, 0.5) is 13.6 Å². The molecule has 0 radical (unpaired) electrons. The SMILES string of the molecule is CC(C)(C)[Si](C)(C)O[C@@H]1CC(c2cc(F)cc(F)c2O)N(C(=O)O)C1. The number of carbonyl (C=O) groups is 1. The average molecular weight is 373 g/mol. The lowest BCUT2D eigenvalue weighted by Crippen LogP contribution is -2.44. The van der Waals surface area contributed by atoms with Crippen LogP contribution in [0.3, 0.4) is 0 Å². The topological polar surface area (TPSA) is 70.0 Å². The summed E-state index contributed by atoms with van der Waals surface area (Å²) in [6.45, 7) is 10.5. The van der Waals surface area contributed by atoms with Crippen LogP contribution < -0.4 is 0 Å². The maximum absolute atomic E-state index is 13.7. The Bertz CT molecular complexity index is 675. The van der Waals surface area contributed by atoms with E-state index in [1.165, 1.54) is 0 Å². The number of nitrogens with zero attached hydrogens (tertiary/aromatic N) is 1. The van der Waals surface area contributed by atoms with Crippen molar-refractivity contribution in [2.75, 3.05) is 6.54 Å².